The second-order valence-corrected chi connectivity index (χ2v) is 20.0. The van der Waals surface area contributed by atoms with Crippen LogP contribution in [0.25, 0.3) is 0 Å². The van der Waals surface area contributed by atoms with Crippen molar-refractivity contribution in [2.75, 3.05) is 11.6 Å². The van der Waals surface area contributed by atoms with Crippen molar-refractivity contribution in [1.82, 2.24) is 4.90 Å². The van der Waals surface area contributed by atoms with Gasteiger partial charge in [-0.2, -0.15) is 0 Å². The molecular weight excluding hydrogens is 589 g/mol. The molecule has 0 atom stereocenters. The number of nitrogens with zero attached hydrogens (tertiary/aromatic N) is 2. The summed E-state index contributed by atoms with van der Waals surface area (Å²) in [5, 5.41) is 2.54. The SMILES string of the molecule is CC(C)c1cccc(C(C)C)c1N1CN(C2CCCCCCCCCCC2)C=C1O[Si](c1ccccc1)(c1ccccc1)C(C)(C)C. The van der Waals surface area contributed by atoms with Crippen molar-refractivity contribution in [3.63, 3.8) is 0 Å². The third kappa shape index (κ3) is 8.02. The number of benzene rings is 3. The van der Waals surface area contributed by atoms with Gasteiger partial charge in [0.15, 0.2) is 5.88 Å². The van der Waals surface area contributed by atoms with Gasteiger partial charge in [-0.25, -0.2) is 0 Å². The van der Waals surface area contributed by atoms with Gasteiger partial charge in [0.1, 0.15) is 0 Å². The van der Waals surface area contributed by atoms with E-state index < -0.39 is 8.32 Å². The van der Waals surface area contributed by atoms with Crippen molar-refractivity contribution in [1.29, 1.82) is 0 Å². The van der Waals surface area contributed by atoms with Gasteiger partial charge in [0, 0.05) is 6.04 Å². The Bertz CT molecular complexity index is 1350. The summed E-state index contributed by atoms with van der Waals surface area (Å²) in [6.45, 7) is 17.4. The molecule has 0 N–H and O–H groups in total. The molecule has 47 heavy (non-hydrogen) atoms. The van der Waals surface area contributed by atoms with E-state index in [0.29, 0.717) is 17.9 Å². The molecule has 3 aromatic carbocycles. The Kier molecular flexibility index (Phi) is 12.0. The molecule has 0 unspecified atom stereocenters. The highest BCUT2D eigenvalue weighted by atomic mass is 28.4. The molecule has 2 aliphatic rings. The topological polar surface area (TPSA) is 15.7 Å². The van der Waals surface area contributed by atoms with Crippen molar-refractivity contribution in [3.05, 3.63) is 102 Å². The first-order valence-electron chi connectivity index (χ1n) is 18.8. The van der Waals surface area contributed by atoms with Gasteiger partial charge in [0.25, 0.3) is 0 Å². The lowest BCUT2D eigenvalue weighted by atomic mass is 9.92. The second kappa shape index (κ2) is 15.9. The Hall–Kier alpha value is -2.98. The standard InChI is InChI=1S/C43H62N2OSi/c1-34(2)39-30-23-31-40(35(3)4)42(39)45-33-44(36-24-17-13-11-9-8-10-12-14-18-25-36)32-41(45)46-47(43(5,6)7,37-26-19-15-20-27-37)38-28-21-16-22-29-38/h15-16,19-23,26-32,34-36H,8-14,17-18,24-25,33H2,1-7H3. The molecule has 3 nitrogen and oxygen atoms in total. The zero-order valence-electron chi connectivity index (χ0n) is 30.6. The zero-order valence-corrected chi connectivity index (χ0v) is 31.6. The maximum absolute atomic E-state index is 7.91. The van der Waals surface area contributed by atoms with Crippen LogP contribution in [0.1, 0.15) is 142 Å². The zero-order chi connectivity index (χ0) is 33.4. The second-order valence-electron chi connectivity index (χ2n) is 15.8. The molecule has 0 aromatic heterocycles. The normalized spacial score (nSPS) is 17.9. The molecule has 1 fully saturated rings. The van der Waals surface area contributed by atoms with E-state index in [9.17, 15) is 0 Å². The molecule has 0 saturated heterocycles. The Morgan fingerprint density at radius 1 is 0.617 bits per heavy atom. The fraction of sp³-hybridized carbons (Fsp3) is 0.535. The first-order valence-corrected chi connectivity index (χ1v) is 20.7. The molecule has 0 spiro atoms. The summed E-state index contributed by atoms with van der Waals surface area (Å²) in [7, 11) is -2.84. The van der Waals surface area contributed by atoms with Gasteiger partial charge in [-0.1, -0.05) is 185 Å². The van der Waals surface area contributed by atoms with E-state index in [2.05, 4.69) is 143 Å². The van der Waals surface area contributed by atoms with Gasteiger partial charge in [-0.05, 0) is 51.2 Å². The van der Waals surface area contributed by atoms with Gasteiger partial charge in [0.2, 0.25) is 0 Å². The number of anilines is 1. The van der Waals surface area contributed by atoms with Crippen LogP contribution in [-0.4, -0.2) is 25.9 Å². The van der Waals surface area contributed by atoms with Crippen LogP contribution < -0.4 is 15.3 Å². The first-order chi connectivity index (χ1) is 22.6. The Balaban J connectivity index is 1.66. The monoisotopic (exact) mass is 650 g/mol. The molecule has 1 heterocycles. The highest BCUT2D eigenvalue weighted by molar-refractivity contribution is 6.99. The van der Waals surface area contributed by atoms with Gasteiger partial charge >= 0.3 is 8.32 Å². The van der Waals surface area contributed by atoms with Crippen LogP contribution in [0.2, 0.25) is 5.04 Å². The van der Waals surface area contributed by atoms with Crippen molar-refractivity contribution < 1.29 is 4.43 Å². The Labute approximate surface area is 288 Å². The minimum absolute atomic E-state index is 0.110. The molecule has 0 bridgehead atoms. The van der Waals surface area contributed by atoms with E-state index >= 15 is 0 Å². The summed E-state index contributed by atoms with van der Waals surface area (Å²) in [5.41, 5.74) is 4.18. The van der Waals surface area contributed by atoms with Crippen LogP contribution in [0.4, 0.5) is 5.69 Å². The predicted molar refractivity (Wildman–Crippen MR) is 205 cm³/mol. The van der Waals surface area contributed by atoms with E-state index in [1.54, 1.807) is 0 Å². The van der Waals surface area contributed by atoms with E-state index in [1.165, 1.54) is 97.8 Å². The molecule has 3 aromatic rings. The first kappa shape index (κ1) is 35.3. The molecule has 0 amide bonds. The Morgan fingerprint density at radius 3 is 1.49 bits per heavy atom. The van der Waals surface area contributed by atoms with Gasteiger partial charge < -0.3 is 9.33 Å². The molecule has 1 aliphatic heterocycles. The lowest BCUT2D eigenvalue weighted by Crippen LogP contribution is -2.66. The van der Waals surface area contributed by atoms with Crippen LogP contribution in [0.3, 0.4) is 0 Å². The van der Waals surface area contributed by atoms with E-state index in [4.69, 9.17) is 4.43 Å². The number of para-hydroxylation sites is 1. The van der Waals surface area contributed by atoms with E-state index in [-0.39, 0.29) is 5.04 Å². The highest BCUT2D eigenvalue weighted by Gasteiger charge is 2.53. The summed E-state index contributed by atoms with van der Waals surface area (Å²) in [5.74, 6) is 1.85. The average molecular weight is 651 g/mol. The Morgan fingerprint density at radius 2 is 1.06 bits per heavy atom. The van der Waals surface area contributed by atoms with Crippen molar-refractivity contribution >= 4 is 24.4 Å². The predicted octanol–water partition coefficient (Wildman–Crippen LogP) is 11.1. The largest absolute Gasteiger partial charge is 0.521 e. The molecular formula is C43H62N2OSi. The van der Waals surface area contributed by atoms with Gasteiger partial charge in [-0.3, -0.25) is 4.90 Å². The van der Waals surface area contributed by atoms with Crippen molar-refractivity contribution in [2.45, 2.75) is 142 Å². The molecule has 1 aliphatic carbocycles. The lowest BCUT2D eigenvalue weighted by molar-refractivity contribution is 0.252. The van der Waals surface area contributed by atoms with Crippen LogP contribution in [0.5, 0.6) is 0 Å². The van der Waals surface area contributed by atoms with Gasteiger partial charge in [0.05, 0.1) is 18.6 Å². The van der Waals surface area contributed by atoms with Crippen LogP contribution in [0.15, 0.2) is 90.9 Å². The van der Waals surface area contributed by atoms with Crippen LogP contribution in [0, 0.1) is 0 Å². The number of rotatable bonds is 8. The fourth-order valence-electron chi connectivity index (χ4n) is 8.07. The van der Waals surface area contributed by atoms with Crippen LogP contribution >= 0.6 is 0 Å². The molecule has 254 valence electrons. The minimum atomic E-state index is -2.84. The summed E-state index contributed by atoms with van der Waals surface area (Å²) >= 11 is 0. The van der Waals surface area contributed by atoms with E-state index in [1.807, 2.05) is 0 Å². The van der Waals surface area contributed by atoms with Crippen molar-refractivity contribution in [2.24, 2.45) is 0 Å². The average Bonchev–Trinajstić information content (AvgIpc) is 3.46. The summed E-state index contributed by atoms with van der Waals surface area (Å²) in [6, 6.07) is 29.8. The summed E-state index contributed by atoms with van der Waals surface area (Å²) < 4.78 is 7.91. The van der Waals surface area contributed by atoms with Crippen molar-refractivity contribution in [3.8, 4) is 0 Å². The molecule has 0 radical (unpaired) electrons. The summed E-state index contributed by atoms with van der Waals surface area (Å²) in [4.78, 5) is 5.26. The van der Waals surface area contributed by atoms with Crippen LogP contribution in [-0.2, 0) is 4.43 Å². The number of hydrogen-bond acceptors (Lipinski definition) is 3. The number of hydrogen-bond donors (Lipinski definition) is 0. The maximum Gasteiger partial charge on any atom is 0.321 e. The minimum Gasteiger partial charge on any atom is -0.521 e. The lowest BCUT2D eigenvalue weighted by Gasteiger charge is -2.44. The molecule has 1 saturated carbocycles. The smallest absolute Gasteiger partial charge is 0.321 e. The third-order valence-corrected chi connectivity index (χ3v) is 15.6. The van der Waals surface area contributed by atoms with Gasteiger partial charge in [-0.15, -0.1) is 0 Å². The van der Waals surface area contributed by atoms with E-state index in [0.717, 1.165) is 12.6 Å². The maximum atomic E-state index is 7.91. The quantitative estimate of drug-likeness (QED) is 0.226. The molecule has 4 heteroatoms. The highest BCUT2D eigenvalue weighted by Crippen LogP contribution is 2.44. The fourth-order valence-corrected chi connectivity index (χ4v) is 12.5. The third-order valence-electron chi connectivity index (χ3n) is 10.7. The summed E-state index contributed by atoms with van der Waals surface area (Å²) in [6.07, 6.45) is 17.3. The molecule has 5 rings (SSSR count).